The molecule has 0 aliphatic carbocycles. The molecular formula is C31H34N6O4. The number of nitrogens with zero attached hydrogens (tertiary/aromatic N) is 5. The van der Waals surface area contributed by atoms with Crippen LogP contribution in [0.1, 0.15) is 28.8 Å². The van der Waals surface area contributed by atoms with Crippen LogP contribution in [-0.4, -0.2) is 78.4 Å². The predicted octanol–water partition coefficient (Wildman–Crippen LogP) is 4.61. The Balaban J connectivity index is 1.09. The number of hydrogen-bond acceptors (Lipinski definition) is 9. The van der Waals surface area contributed by atoms with Crippen LogP contribution in [0.15, 0.2) is 61.1 Å². The first-order valence-corrected chi connectivity index (χ1v) is 14.0. The standard InChI is InChI=1S/C31H34N6O4/c1-21-16-23(35-30-26-18-29(36-12-14-40-15-13-36)32-19-27(26)33-20-34-30)6-7-28(21)41-24-8-10-37(11-9-24)31(38)22-4-3-5-25(17-22)39-2/h3-7,16-20,24H,8-15H2,1-2H3,(H,33,34,35). The summed E-state index contributed by atoms with van der Waals surface area (Å²) in [6.07, 6.45) is 4.96. The van der Waals surface area contributed by atoms with Gasteiger partial charge < -0.3 is 29.3 Å². The van der Waals surface area contributed by atoms with Crippen molar-refractivity contribution in [3.05, 3.63) is 72.2 Å². The van der Waals surface area contributed by atoms with E-state index in [9.17, 15) is 4.79 Å². The second kappa shape index (κ2) is 12.0. The number of morpholine rings is 1. The fourth-order valence-corrected chi connectivity index (χ4v) is 5.30. The van der Waals surface area contributed by atoms with E-state index < -0.39 is 0 Å². The molecule has 2 aliphatic rings. The van der Waals surface area contributed by atoms with Crippen LogP contribution >= 0.6 is 0 Å². The molecular weight excluding hydrogens is 520 g/mol. The highest BCUT2D eigenvalue weighted by Gasteiger charge is 2.25. The van der Waals surface area contributed by atoms with Gasteiger partial charge in [-0.25, -0.2) is 15.0 Å². The molecule has 41 heavy (non-hydrogen) atoms. The van der Waals surface area contributed by atoms with Crippen molar-refractivity contribution in [2.45, 2.75) is 25.9 Å². The summed E-state index contributed by atoms with van der Waals surface area (Å²) >= 11 is 0. The molecule has 4 aromatic rings. The minimum atomic E-state index is 0.0269. The van der Waals surface area contributed by atoms with Crippen LogP contribution in [-0.2, 0) is 4.74 Å². The second-order valence-corrected chi connectivity index (χ2v) is 10.3. The maximum absolute atomic E-state index is 13.0. The number of aromatic nitrogens is 3. The Morgan fingerprint density at radius 3 is 2.61 bits per heavy atom. The molecule has 2 aromatic heterocycles. The normalized spacial score (nSPS) is 16.0. The molecule has 2 aromatic carbocycles. The van der Waals surface area contributed by atoms with Crippen LogP contribution in [0.5, 0.6) is 11.5 Å². The van der Waals surface area contributed by atoms with E-state index in [1.54, 1.807) is 25.7 Å². The Morgan fingerprint density at radius 2 is 1.83 bits per heavy atom. The summed E-state index contributed by atoms with van der Waals surface area (Å²) in [5.74, 6) is 3.19. The summed E-state index contributed by atoms with van der Waals surface area (Å²) in [4.78, 5) is 30.6. The Bertz CT molecular complexity index is 1530. The first-order valence-electron chi connectivity index (χ1n) is 14.0. The highest BCUT2D eigenvalue weighted by atomic mass is 16.5. The van der Waals surface area contributed by atoms with Crippen molar-refractivity contribution in [3.63, 3.8) is 0 Å². The summed E-state index contributed by atoms with van der Waals surface area (Å²) in [5, 5.41) is 4.37. The summed E-state index contributed by atoms with van der Waals surface area (Å²) in [6.45, 7) is 6.37. The predicted molar refractivity (Wildman–Crippen MR) is 157 cm³/mol. The number of nitrogens with one attached hydrogen (secondary N) is 1. The van der Waals surface area contributed by atoms with Gasteiger partial charge in [0.1, 0.15) is 35.6 Å². The number of carbonyl (C=O) groups is 1. The third-order valence-electron chi connectivity index (χ3n) is 7.62. The van der Waals surface area contributed by atoms with Crippen LogP contribution in [0.3, 0.4) is 0 Å². The quantitative estimate of drug-likeness (QED) is 0.351. The molecule has 4 heterocycles. The van der Waals surface area contributed by atoms with Crippen molar-refractivity contribution in [2.75, 3.05) is 56.7 Å². The first kappa shape index (κ1) is 26.8. The topological polar surface area (TPSA) is 102 Å². The lowest BCUT2D eigenvalue weighted by Crippen LogP contribution is -2.41. The molecule has 1 N–H and O–H groups in total. The molecule has 0 bridgehead atoms. The average Bonchev–Trinajstić information content (AvgIpc) is 3.03. The minimum absolute atomic E-state index is 0.0269. The van der Waals surface area contributed by atoms with Gasteiger partial charge in [0.15, 0.2) is 0 Å². The van der Waals surface area contributed by atoms with E-state index in [4.69, 9.17) is 14.2 Å². The van der Waals surface area contributed by atoms with Gasteiger partial charge in [0.05, 0.1) is 32.0 Å². The maximum Gasteiger partial charge on any atom is 0.253 e. The number of aryl methyl sites for hydroxylation is 1. The zero-order valence-electron chi connectivity index (χ0n) is 23.4. The fraction of sp³-hybridized carbons (Fsp3) is 0.355. The third-order valence-corrected chi connectivity index (χ3v) is 7.62. The highest BCUT2D eigenvalue weighted by Crippen LogP contribution is 2.30. The molecule has 0 unspecified atom stereocenters. The van der Waals surface area contributed by atoms with Crippen molar-refractivity contribution in [2.24, 2.45) is 0 Å². The lowest BCUT2D eigenvalue weighted by molar-refractivity contribution is 0.0594. The zero-order valence-corrected chi connectivity index (χ0v) is 23.4. The number of amides is 1. The Kier molecular flexibility index (Phi) is 7.82. The van der Waals surface area contributed by atoms with Crippen molar-refractivity contribution in [1.82, 2.24) is 19.9 Å². The van der Waals surface area contributed by atoms with E-state index in [1.165, 1.54) is 0 Å². The molecule has 2 saturated heterocycles. The van der Waals surface area contributed by atoms with E-state index in [-0.39, 0.29) is 12.0 Å². The number of likely N-dealkylation sites (tertiary alicyclic amines) is 1. The first-order chi connectivity index (χ1) is 20.1. The van der Waals surface area contributed by atoms with E-state index in [0.717, 1.165) is 65.5 Å². The Labute approximate surface area is 239 Å². The minimum Gasteiger partial charge on any atom is -0.497 e. The maximum atomic E-state index is 13.0. The lowest BCUT2D eigenvalue weighted by Gasteiger charge is -2.32. The van der Waals surface area contributed by atoms with Gasteiger partial charge in [-0.15, -0.1) is 0 Å². The van der Waals surface area contributed by atoms with Crippen molar-refractivity contribution >= 4 is 34.1 Å². The molecule has 10 nitrogen and oxygen atoms in total. The molecule has 2 fully saturated rings. The molecule has 0 saturated carbocycles. The van der Waals surface area contributed by atoms with Crippen LogP contribution in [0.2, 0.25) is 0 Å². The van der Waals surface area contributed by atoms with Gasteiger partial charge in [-0.1, -0.05) is 6.07 Å². The summed E-state index contributed by atoms with van der Waals surface area (Å²) in [5.41, 5.74) is 3.37. The molecule has 0 radical (unpaired) electrons. The van der Waals surface area contributed by atoms with E-state index >= 15 is 0 Å². The van der Waals surface area contributed by atoms with Crippen LogP contribution in [0.4, 0.5) is 17.3 Å². The Hall–Kier alpha value is -4.44. The van der Waals surface area contributed by atoms with Gasteiger partial charge in [0.2, 0.25) is 0 Å². The molecule has 6 rings (SSSR count). The molecule has 0 atom stereocenters. The number of benzene rings is 2. The van der Waals surface area contributed by atoms with Crippen LogP contribution < -0.4 is 19.7 Å². The SMILES string of the molecule is COc1cccc(C(=O)N2CCC(Oc3ccc(Nc4ncnc5cnc(N6CCOCC6)cc45)cc3C)CC2)c1. The van der Waals surface area contributed by atoms with Gasteiger partial charge in [0, 0.05) is 55.7 Å². The van der Waals surface area contributed by atoms with Crippen molar-refractivity contribution in [1.29, 1.82) is 0 Å². The number of methoxy groups -OCH3 is 1. The fourth-order valence-electron chi connectivity index (χ4n) is 5.30. The van der Waals surface area contributed by atoms with Gasteiger partial charge in [-0.2, -0.15) is 0 Å². The van der Waals surface area contributed by atoms with Crippen molar-refractivity contribution < 1.29 is 19.0 Å². The van der Waals surface area contributed by atoms with Gasteiger partial charge in [0.25, 0.3) is 5.91 Å². The summed E-state index contributed by atoms with van der Waals surface area (Å²) in [6, 6.07) is 15.4. The molecule has 1 amide bonds. The number of fused-ring (bicyclic) bond motifs is 1. The van der Waals surface area contributed by atoms with E-state index in [0.29, 0.717) is 37.6 Å². The number of pyridine rings is 1. The monoisotopic (exact) mass is 554 g/mol. The molecule has 10 heteroatoms. The molecule has 0 spiro atoms. The number of piperidine rings is 1. The number of hydrogen-bond donors (Lipinski definition) is 1. The van der Waals surface area contributed by atoms with Gasteiger partial charge in [-0.05, 0) is 55.0 Å². The third kappa shape index (κ3) is 6.02. The van der Waals surface area contributed by atoms with E-state index in [2.05, 4.69) is 31.2 Å². The summed E-state index contributed by atoms with van der Waals surface area (Å²) in [7, 11) is 1.61. The molecule has 212 valence electrons. The largest absolute Gasteiger partial charge is 0.497 e. The lowest BCUT2D eigenvalue weighted by atomic mass is 10.1. The number of anilines is 3. The smallest absolute Gasteiger partial charge is 0.253 e. The van der Waals surface area contributed by atoms with Crippen LogP contribution in [0, 0.1) is 6.92 Å². The van der Waals surface area contributed by atoms with Crippen molar-refractivity contribution in [3.8, 4) is 11.5 Å². The van der Waals surface area contributed by atoms with Crippen LogP contribution in [0.25, 0.3) is 10.9 Å². The number of rotatable bonds is 7. The average molecular weight is 555 g/mol. The van der Waals surface area contributed by atoms with Gasteiger partial charge in [-0.3, -0.25) is 4.79 Å². The second-order valence-electron chi connectivity index (χ2n) is 10.3. The highest BCUT2D eigenvalue weighted by molar-refractivity contribution is 5.94. The summed E-state index contributed by atoms with van der Waals surface area (Å²) < 4.78 is 17.1. The van der Waals surface area contributed by atoms with E-state index in [1.807, 2.05) is 48.2 Å². The zero-order chi connectivity index (χ0) is 28.2. The van der Waals surface area contributed by atoms with Gasteiger partial charge >= 0.3 is 0 Å². The molecule has 2 aliphatic heterocycles. The number of ether oxygens (including phenoxy) is 3. The number of carbonyl (C=O) groups excluding carboxylic acids is 1. The Morgan fingerprint density at radius 1 is 1.00 bits per heavy atom.